The van der Waals surface area contributed by atoms with Crippen molar-refractivity contribution >= 4 is 33.8 Å². The van der Waals surface area contributed by atoms with E-state index in [0.29, 0.717) is 13.0 Å². The van der Waals surface area contributed by atoms with E-state index in [0.717, 1.165) is 11.8 Å². The minimum atomic E-state index is -1.32. The van der Waals surface area contributed by atoms with E-state index < -0.39 is 18.0 Å². The summed E-state index contributed by atoms with van der Waals surface area (Å²) < 4.78 is 9.73. The monoisotopic (exact) mass is 351 g/mol. The largest absolute Gasteiger partial charge is 0.464 e. The molecule has 0 atom stereocenters. The number of esters is 2. The van der Waals surface area contributed by atoms with Crippen molar-refractivity contribution in [2.45, 2.75) is 39.7 Å². The SMILES string of the molecule is CCOC(=O)C(C(=O)OCC)N(CCCCBr)C(C)=O. The number of nitrogens with zero attached hydrogens (tertiary/aromatic N) is 1. The first-order valence-electron chi connectivity index (χ1n) is 6.65. The molecule has 0 saturated carbocycles. The van der Waals surface area contributed by atoms with Gasteiger partial charge in [-0.05, 0) is 26.7 Å². The van der Waals surface area contributed by atoms with E-state index in [-0.39, 0.29) is 19.1 Å². The minimum Gasteiger partial charge on any atom is -0.464 e. The number of alkyl halides is 1. The lowest BCUT2D eigenvalue weighted by Crippen LogP contribution is -2.51. The van der Waals surface area contributed by atoms with Gasteiger partial charge in [0.05, 0.1) is 13.2 Å². The number of carbonyl (C=O) groups excluding carboxylic acids is 3. The molecule has 0 aromatic carbocycles. The summed E-state index contributed by atoms with van der Waals surface area (Å²) >= 11 is 3.29. The Morgan fingerprint density at radius 2 is 1.55 bits per heavy atom. The Kier molecular flexibility index (Phi) is 10.1. The van der Waals surface area contributed by atoms with Gasteiger partial charge < -0.3 is 14.4 Å². The zero-order valence-corrected chi connectivity index (χ0v) is 13.8. The molecule has 20 heavy (non-hydrogen) atoms. The number of rotatable bonds is 9. The normalized spacial score (nSPS) is 10.2. The van der Waals surface area contributed by atoms with Crippen molar-refractivity contribution in [3.63, 3.8) is 0 Å². The quantitative estimate of drug-likeness (QED) is 0.272. The third-order valence-electron chi connectivity index (χ3n) is 2.52. The van der Waals surface area contributed by atoms with Crippen LogP contribution in [0, 0.1) is 0 Å². The highest BCUT2D eigenvalue weighted by molar-refractivity contribution is 9.09. The van der Waals surface area contributed by atoms with E-state index in [4.69, 9.17) is 9.47 Å². The summed E-state index contributed by atoms with van der Waals surface area (Å²) in [6, 6.07) is -1.32. The fourth-order valence-electron chi connectivity index (χ4n) is 1.64. The van der Waals surface area contributed by atoms with E-state index in [1.807, 2.05) is 0 Å². The number of hydrogen-bond donors (Lipinski definition) is 0. The Balaban J connectivity index is 5.03. The molecule has 0 aromatic rings. The first-order chi connectivity index (χ1) is 9.49. The number of unbranched alkanes of at least 4 members (excludes halogenated alkanes) is 1. The fraction of sp³-hybridized carbons (Fsp3) is 0.769. The second-order valence-electron chi connectivity index (χ2n) is 4.02. The van der Waals surface area contributed by atoms with Crippen molar-refractivity contribution in [1.29, 1.82) is 0 Å². The average Bonchev–Trinajstić information content (AvgIpc) is 2.38. The smallest absolute Gasteiger partial charge is 0.340 e. The van der Waals surface area contributed by atoms with Crippen LogP contribution in [0.5, 0.6) is 0 Å². The summed E-state index contributed by atoms with van der Waals surface area (Å²) in [7, 11) is 0. The molecule has 0 aliphatic rings. The van der Waals surface area contributed by atoms with Gasteiger partial charge in [0, 0.05) is 18.8 Å². The van der Waals surface area contributed by atoms with E-state index >= 15 is 0 Å². The van der Waals surface area contributed by atoms with Crippen LogP contribution in [0.2, 0.25) is 0 Å². The Bertz CT molecular complexity index is 317. The number of ether oxygens (including phenoxy) is 2. The van der Waals surface area contributed by atoms with Gasteiger partial charge in [-0.1, -0.05) is 15.9 Å². The molecule has 0 saturated heterocycles. The zero-order chi connectivity index (χ0) is 15.5. The molecule has 0 aliphatic heterocycles. The van der Waals surface area contributed by atoms with Crippen LogP contribution in [0.15, 0.2) is 0 Å². The Morgan fingerprint density at radius 3 is 1.90 bits per heavy atom. The van der Waals surface area contributed by atoms with Crippen molar-refractivity contribution in [2.75, 3.05) is 25.1 Å². The summed E-state index contributed by atoms with van der Waals surface area (Å²) in [6.07, 6.45) is 1.52. The molecule has 0 heterocycles. The molecule has 0 spiro atoms. The molecule has 0 N–H and O–H groups in total. The van der Waals surface area contributed by atoms with Gasteiger partial charge in [0.15, 0.2) is 0 Å². The highest BCUT2D eigenvalue weighted by Gasteiger charge is 2.36. The summed E-state index contributed by atoms with van der Waals surface area (Å²) in [5.74, 6) is -1.86. The summed E-state index contributed by atoms with van der Waals surface area (Å²) in [4.78, 5) is 36.7. The lowest BCUT2D eigenvalue weighted by Gasteiger charge is -2.27. The predicted molar refractivity (Wildman–Crippen MR) is 77.5 cm³/mol. The topological polar surface area (TPSA) is 72.9 Å². The van der Waals surface area contributed by atoms with Crippen LogP contribution in [0.1, 0.15) is 33.6 Å². The molecule has 0 aliphatic carbocycles. The first kappa shape index (κ1) is 18.9. The molecular weight excluding hydrogens is 330 g/mol. The van der Waals surface area contributed by atoms with E-state index in [9.17, 15) is 14.4 Å². The van der Waals surface area contributed by atoms with Crippen molar-refractivity contribution in [3.8, 4) is 0 Å². The van der Waals surface area contributed by atoms with Crippen LogP contribution in [0.3, 0.4) is 0 Å². The molecule has 7 heteroatoms. The lowest BCUT2D eigenvalue weighted by molar-refractivity contribution is -0.167. The van der Waals surface area contributed by atoms with Crippen LogP contribution >= 0.6 is 15.9 Å². The molecular formula is C13H22BrNO5. The molecule has 0 bridgehead atoms. The average molecular weight is 352 g/mol. The molecule has 0 rings (SSSR count). The predicted octanol–water partition coefficient (Wildman–Crippen LogP) is 1.50. The second kappa shape index (κ2) is 10.7. The lowest BCUT2D eigenvalue weighted by atomic mass is 10.2. The third kappa shape index (κ3) is 6.36. The maximum absolute atomic E-state index is 11.9. The Hall–Kier alpha value is -1.11. The van der Waals surface area contributed by atoms with Gasteiger partial charge >= 0.3 is 11.9 Å². The standard InChI is InChI=1S/C13H22BrNO5/c1-4-19-12(17)11(13(18)20-5-2)15(10(3)16)9-7-6-8-14/h11H,4-9H2,1-3H3. The van der Waals surface area contributed by atoms with Gasteiger partial charge in [0.2, 0.25) is 11.9 Å². The highest BCUT2D eigenvalue weighted by atomic mass is 79.9. The summed E-state index contributed by atoms with van der Waals surface area (Å²) in [5.41, 5.74) is 0. The fourth-order valence-corrected chi connectivity index (χ4v) is 2.03. The Morgan fingerprint density at radius 1 is 1.05 bits per heavy atom. The molecule has 6 nitrogen and oxygen atoms in total. The van der Waals surface area contributed by atoms with Gasteiger partial charge in [-0.25, -0.2) is 9.59 Å². The minimum absolute atomic E-state index is 0.141. The van der Waals surface area contributed by atoms with Crippen molar-refractivity contribution < 1.29 is 23.9 Å². The zero-order valence-electron chi connectivity index (χ0n) is 12.2. The van der Waals surface area contributed by atoms with Gasteiger partial charge in [-0.2, -0.15) is 0 Å². The summed E-state index contributed by atoms with van der Waals surface area (Å²) in [6.45, 7) is 5.19. The van der Waals surface area contributed by atoms with Crippen LogP contribution < -0.4 is 0 Å². The molecule has 116 valence electrons. The molecule has 0 fully saturated rings. The van der Waals surface area contributed by atoms with E-state index in [1.54, 1.807) is 13.8 Å². The van der Waals surface area contributed by atoms with Crippen LogP contribution in [0.25, 0.3) is 0 Å². The van der Waals surface area contributed by atoms with E-state index in [2.05, 4.69) is 15.9 Å². The second-order valence-corrected chi connectivity index (χ2v) is 4.81. The number of halogens is 1. The molecule has 1 amide bonds. The maximum Gasteiger partial charge on any atom is 0.340 e. The van der Waals surface area contributed by atoms with Crippen molar-refractivity contribution in [3.05, 3.63) is 0 Å². The number of carbonyl (C=O) groups is 3. The summed E-state index contributed by atoms with van der Waals surface area (Å²) in [5, 5.41) is 0.794. The molecule has 0 unspecified atom stereocenters. The van der Waals surface area contributed by atoms with Gasteiger partial charge in [-0.15, -0.1) is 0 Å². The van der Waals surface area contributed by atoms with Gasteiger partial charge in [0.25, 0.3) is 0 Å². The number of amides is 1. The number of hydrogen-bond acceptors (Lipinski definition) is 5. The maximum atomic E-state index is 11.9. The van der Waals surface area contributed by atoms with E-state index in [1.165, 1.54) is 11.8 Å². The Labute approximate surface area is 127 Å². The molecule has 0 radical (unpaired) electrons. The highest BCUT2D eigenvalue weighted by Crippen LogP contribution is 2.09. The molecule has 0 aromatic heterocycles. The van der Waals surface area contributed by atoms with Crippen molar-refractivity contribution in [1.82, 2.24) is 4.90 Å². The third-order valence-corrected chi connectivity index (χ3v) is 3.08. The van der Waals surface area contributed by atoms with Crippen molar-refractivity contribution in [2.24, 2.45) is 0 Å². The first-order valence-corrected chi connectivity index (χ1v) is 7.78. The van der Waals surface area contributed by atoms with Gasteiger partial charge in [-0.3, -0.25) is 4.79 Å². The van der Waals surface area contributed by atoms with Gasteiger partial charge in [0.1, 0.15) is 0 Å². The van der Waals surface area contributed by atoms with Crippen LogP contribution in [-0.2, 0) is 23.9 Å². The van der Waals surface area contributed by atoms with Crippen LogP contribution in [0.4, 0.5) is 0 Å². The van der Waals surface area contributed by atoms with Crippen LogP contribution in [-0.4, -0.2) is 53.9 Å².